The van der Waals surface area contributed by atoms with Gasteiger partial charge < -0.3 is 10.2 Å². The molecule has 0 aliphatic rings. The molecule has 0 unspecified atom stereocenters. The Morgan fingerprint density at radius 2 is 2.05 bits per heavy atom. The van der Waals surface area contributed by atoms with Crippen molar-refractivity contribution in [1.29, 1.82) is 0 Å². The van der Waals surface area contributed by atoms with E-state index in [4.69, 9.17) is 0 Å². The molecule has 0 aromatic carbocycles. The SMILES string of the molecule is CCN(CC)c1ccc(NC(=O)CCCCBr)cn1. The van der Waals surface area contributed by atoms with Gasteiger partial charge in [0.2, 0.25) is 5.91 Å². The standard InChI is InChI=1S/C14H22BrN3O/c1-3-18(4-2)13-9-8-12(11-16-13)17-14(19)7-5-6-10-15/h8-9,11H,3-7,10H2,1-2H3,(H,17,19). The number of halogens is 1. The zero-order valence-corrected chi connectivity index (χ0v) is 13.2. The number of nitrogens with zero attached hydrogens (tertiary/aromatic N) is 2. The molecule has 1 N–H and O–H groups in total. The number of nitrogens with one attached hydrogen (secondary N) is 1. The second kappa shape index (κ2) is 8.91. The molecule has 0 bridgehead atoms. The minimum absolute atomic E-state index is 0.0540. The smallest absolute Gasteiger partial charge is 0.224 e. The van der Waals surface area contributed by atoms with Crippen molar-refractivity contribution in [2.24, 2.45) is 0 Å². The molecule has 0 spiro atoms. The normalized spacial score (nSPS) is 10.3. The van der Waals surface area contributed by atoms with Crippen LogP contribution < -0.4 is 10.2 Å². The van der Waals surface area contributed by atoms with E-state index in [1.807, 2.05) is 12.1 Å². The van der Waals surface area contributed by atoms with Crippen molar-refractivity contribution in [3.8, 4) is 0 Å². The maximum absolute atomic E-state index is 11.7. The molecule has 0 saturated carbocycles. The predicted molar refractivity (Wildman–Crippen MR) is 84.1 cm³/mol. The first-order valence-corrected chi connectivity index (χ1v) is 7.90. The van der Waals surface area contributed by atoms with E-state index in [1.165, 1.54) is 0 Å². The summed E-state index contributed by atoms with van der Waals surface area (Å²) < 4.78 is 0. The highest BCUT2D eigenvalue weighted by atomic mass is 79.9. The number of anilines is 2. The minimum Gasteiger partial charge on any atom is -0.357 e. The number of amides is 1. The number of rotatable bonds is 8. The van der Waals surface area contributed by atoms with Crippen molar-refractivity contribution in [3.05, 3.63) is 18.3 Å². The van der Waals surface area contributed by atoms with Crippen molar-refractivity contribution in [3.63, 3.8) is 0 Å². The molecule has 1 rings (SSSR count). The van der Waals surface area contributed by atoms with Gasteiger partial charge in [-0.3, -0.25) is 4.79 Å². The summed E-state index contributed by atoms with van der Waals surface area (Å²) in [6.07, 6.45) is 4.20. The van der Waals surface area contributed by atoms with Crippen LogP contribution in [0.2, 0.25) is 0 Å². The maximum atomic E-state index is 11.7. The summed E-state index contributed by atoms with van der Waals surface area (Å²) in [5.74, 6) is 1.00. The van der Waals surface area contributed by atoms with Gasteiger partial charge in [-0.1, -0.05) is 15.9 Å². The topological polar surface area (TPSA) is 45.2 Å². The lowest BCUT2D eigenvalue weighted by Crippen LogP contribution is -2.22. The van der Waals surface area contributed by atoms with E-state index in [9.17, 15) is 4.79 Å². The quantitative estimate of drug-likeness (QED) is 0.587. The first kappa shape index (κ1) is 16.0. The average molecular weight is 328 g/mol. The number of alkyl halides is 1. The van der Waals surface area contributed by atoms with Gasteiger partial charge in [-0.05, 0) is 38.8 Å². The maximum Gasteiger partial charge on any atom is 0.224 e. The lowest BCUT2D eigenvalue weighted by Gasteiger charge is -2.19. The lowest BCUT2D eigenvalue weighted by atomic mass is 10.2. The monoisotopic (exact) mass is 327 g/mol. The van der Waals surface area contributed by atoms with Crippen molar-refractivity contribution < 1.29 is 4.79 Å². The van der Waals surface area contributed by atoms with Crippen molar-refractivity contribution in [1.82, 2.24) is 4.98 Å². The summed E-state index contributed by atoms with van der Waals surface area (Å²) >= 11 is 3.36. The Labute approximate surface area is 123 Å². The molecular formula is C14H22BrN3O. The van der Waals surface area contributed by atoms with E-state index in [0.717, 1.165) is 42.8 Å². The van der Waals surface area contributed by atoms with Gasteiger partial charge in [0.15, 0.2) is 0 Å². The highest BCUT2D eigenvalue weighted by Gasteiger charge is 2.05. The van der Waals surface area contributed by atoms with Gasteiger partial charge in [0, 0.05) is 24.8 Å². The van der Waals surface area contributed by atoms with E-state index >= 15 is 0 Å². The summed E-state index contributed by atoms with van der Waals surface area (Å²) in [5, 5.41) is 3.81. The Kier molecular flexibility index (Phi) is 7.48. The van der Waals surface area contributed by atoms with Crippen LogP contribution in [0.25, 0.3) is 0 Å². The van der Waals surface area contributed by atoms with Crippen LogP contribution in [0.1, 0.15) is 33.1 Å². The van der Waals surface area contributed by atoms with Crippen LogP contribution in [0.3, 0.4) is 0 Å². The first-order chi connectivity index (χ1) is 9.21. The van der Waals surface area contributed by atoms with Gasteiger partial charge in [0.25, 0.3) is 0 Å². The van der Waals surface area contributed by atoms with Crippen LogP contribution in [0, 0.1) is 0 Å². The van der Waals surface area contributed by atoms with Crippen LogP contribution in [-0.4, -0.2) is 29.3 Å². The molecule has 1 amide bonds. The molecule has 1 aromatic rings. The fraction of sp³-hybridized carbons (Fsp3) is 0.571. The fourth-order valence-electron chi connectivity index (χ4n) is 1.80. The van der Waals surface area contributed by atoms with Crippen LogP contribution in [0.5, 0.6) is 0 Å². The van der Waals surface area contributed by atoms with E-state index < -0.39 is 0 Å². The van der Waals surface area contributed by atoms with Crippen molar-refractivity contribution in [2.45, 2.75) is 33.1 Å². The van der Waals surface area contributed by atoms with Gasteiger partial charge in [0.1, 0.15) is 5.82 Å². The number of aromatic nitrogens is 1. The molecule has 0 aliphatic heterocycles. The Morgan fingerprint density at radius 1 is 1.32 bits per heavy atom. The first-order valence-electron chi connectivity index (χ1n) is 6.78. The van der Waals surface area contributed by atoms with E-state index in [-0.39, 0.29) is 5.91 Å². The Hall–Kier alpha value is -1.10. The third kappa shape index (κ3) is 5.59. The summed E-state index contributed by atoms with van der Waals surface area (Å²) in [7, 11) is 0. The molecule has 0 aliphatic carbocycles. The highest BCUT2D eigenvalue weighted by Crippen LogP contribution is 2.14. The molecule has 5 heteroatoms. The molecular weight excluding hydrogens is 306 g/mol. The third-order valence-electron chi connectivity index (χ3n) is 2.91. The zero-order chi connectivity index (χ0) is 14.1. The third-order valence-corrected chi connectivity index (χ3v) is 3.47. The molecule has 1 heterocycles. The molecule has 19 heavy (non-hydrogen) atoms. The molecule has 0 radical (unpaired) electrons. The van der Waals surface area contributed by atoms with Crippen LogP contribution in [0.15, 0.2) is 18.3 Å². The van der Waals surface area contributed by atoms with Gasteiger partial charge >= 0.3 is 0 Å². The van der Waals surface area contributed by atoms with Gasteiger partial charge in [-0.2, -0.15) is 0 Å². The highest BCUT2D eigenvalue weighted by molar-refractivity contribution is 9.09. The number of hydrogen-bond acceptors (Lipinski definition) is 3. The molecule has 0 fully saturated rings. The zero-order valence-electron chi connectivity index (χ0n) is 11.7. The van der Waals surface area contributed by atoms with Gasteiger partial charge in [-0.15, -0.1) is 0 Å². The molecule has 0 saturated heterocycles. The van der Waals surface area contributed by atoms with Gasteiger partial charge in [-0.25, -0.2) is 4.98 Å². The number of carbonyl (C=O) groups is 1. The molecule has 4 nitrogen and oxygen atoms in total. The van der Waals surface area contributed by atoms with Crippen LogP contribution >= 0.6 is 15.9 Å². The van der Waals surface area contributed by atoms with E-state index in [0.29, 0.717) is 6.42 Å². The predicted octanol–water partition coefficient (Wildman–Crippen LogP) is 3.43. The lowest BCUT2D eigenvalue weighted by molar-refractivity contribution is -0.116. The molecule has 1 aromatic heterocycles. The fourth-order valence-corrected chi connectivity index (χ4v) is 2.19. The number of unbranched alkanes of at least 4 members (excludes halogenated alkanes) is 1. The minimum atomic E-state index is 0.0540. The summed E-state index contributed by atoms with van der Waals surface area (Å²) in [6.45, 7) is 6.07. The number of carbonyl (C=O) groups excluding carboxylic acids is 1. The summed E-state index contributed by atoms with van der Waals surface area (Å²) in [6, 6.07) is 3.85. The Balaban J connectivity index is 2.50. The second-order valence-electron chi connectivity index (χ2n) is 4.27. The van der Waals surface area contributed by atoms with Gasteiger partial charge in [0.05, 0.1) is 11.9 Å². The van der Waals surface area contributed by atoms with E-state index in [2.05, 4.69) is 45.0 Å². The molecule has 106 valence electrons. The van der Waals surface area contributed by atoms with Crippen LogP contribution in [-0.2, 0) is 4.79 Å². The van der Waals surface area contributed by atoms with E-state index in [1.54, 1.807) is 6.20 Å². The molecule has 0 atom stereocenters. The van der Waals surface area contributed by atoms with Crippen LogP contribution in [0.4, 0.5) is 11.5 Å². The second-order valence-corrected chi connectivity index (χ2v) is 5.06. The Bertz CT molecular complexity index is 377. The number of hydrogen-bond donors (Lipinski definition) is 1. The Morgan fingerprint density at radius 3 is 2.58 bits per heavy atom. The van der Waals surface area contributed by atoms with Crippen molar-refractivity contribution >= 4 is 33.3 Å². The van der Waals surface area contributed by atoms with Crippen molar-refractivity contribution in [2.75, 3.05) is 28.6 Å². The summed E-state index contributed by atoms with van der Waals surface area (Å²) in [4.78, 5) is 18.2. The summed E-state index contributed by atoms with van der Waals surface area (Å²) in [5.41, 5.74) is 0.764. The number of pyridine rings is 1. The average Bonchev–Trinajstić information content (AvgIpc) is 2.42. The largest absolute Gasteiger partial charge is 0.357 e.